The summed E-state index contributed by atoms with van der Waals surface area (Å²) in [6, 6.07) is 0.647. The molecule has 1 saturated heterocycles. The lowest BCUT2D eigenvalue weighted by molar-refractivity contribution is 0.0880. The molecular formula is C16H30N4O. The van der Waals surface area contributed by atoms with E-state index in [9.17, 15) is 0 Å². The van der Waals surface area contributed by atoms with Crippen molar-refractivity contribution in [2.45, 2.75) is 37.8 Å². The van der Waals surface area contributed by atoms with E-state index in [1.54, 1.807) is 7.11 Å². The van der Waals surface area contributed by atoms with Crippen LogP contribution in [0.2, 0.25) is 0 Å². The summed E-state index contributed by atoms with van der Waals surface area (Å²) in [7, 11) is 3.70. The molecule has 21 heavy (non-hydrogen) atoms. The van der Waals surface area contributed by atoms with Crippen molar-refractivity contribution in [2.75, 3.05) is 40.3 Å². The molecule has 0 aromatic carbocycles. The standard InChI is InChI=1S/C16H30N4O/c1-16(7-4-14(17)15(12-16)21-3)20-10-5-13(6-11-20)19-9-8-18-2/h4,7,13,18-19H,5-6,8-12,17H2,1-3H3. The summed E-state index contributed by atoms with van der Waals surface area (Å²) < 4.78 is 5.43. The molecule has 0 saturated carbocycles. The van der Waals surface area contributed by atoms with E-state index < -0.39 is 0 Å². The fourth-order valence-corrected chi connectivity index (χ4v) is 3.25. The molecule has 4 N–H and O–H groups in total. The molecule has 0 bridgehead atoms. The van der Waals surface area contributed by atoms with E-state index >= 15 is 0 Å². The van der Waals surface area contributed by atoms with Crippen LogP contribution in [0.1, 0.15) is 26.2 Å². The Morgan fingerprint density at radius 3 is 2.71 bits per heavy atom. The molecule has 0 radical (unpaired) electrons. The second-order valence-electron chi connectivity index (χ2n) is 6.27. The zero-order valence-electron chi connectivity index (χ0n) is 13.6. The topological polar surface area (TPSA) is 62.5 Å². The van der Waals surface area contributed by atoms with Gasteiger partial charge in [0.05, 0.1) is 12.8 Å². The van der Waals surface area contributed by atoms with Crippen molar-refractivity contribution in [3.05, 3.63) is 23.6 Å². The predicted octanol–water partition coefficient (Wildman–Crippen LogP) is 0.795. The Hall–Kier alpha value is -1.04. The Labute approximate surface area is 128 Å². The summed E-state index contributed by atoms with van der Waals surface area (Å²) in [4.78, 5) is 2.56. The maximum atomic E-state index is 5.96. The number of likely N-dealkylation sites (tertiary alicyclic amines) is 1. The molecule has 1 fully saturated rings. The summed E-state index contributed by atoms with van der Waals surface area (Å²) in [5.41, 5.74) is 6.76. The number of nitrogens with one attached hydrogen (secondary N) is 2. The van der Waals surface area contributed by atoms with Crippen LogP contribution in [-0.4, -0.2) is 56.8 Å². The Morgan fingerprint density at radius 1 is 1.38 bits per heavy atom. The second-order valence-corrected chi connectivity index (χ2v) is 6.27. The highest BCUT2D eigenvalue weighted by Gasteiger charge is 2.35. The number of ether oxygens (including phenoxy) is 1. The average Bonchev–Trinajstić information content (AvgIpc) is 2.51. The zero-order chi connectivity index (χ0) is 15.3. The smallest absolute Gasteiger partial charge is 0.120 e. The van der Waals surface area contributed by atoms with Gasteiger partial charge in [-0.3, -0.25) is 4.90 Å². The SMILES string of the molecule is CNCCNC1CCN(C2(C)C=CC(N)=C(OC)C2)CC1. The summed E-state index contributed by atoms with van der Waals surface area (Å²) in [5.74, 6) is 0.911. The van der Waals surface area contributed by atoms with E-state index in [4.69, 9.17) is 10.5 Å². The van der Waals surface area contributed by atoms with Crippen molar-refractivity contribution < 1.29 is 4.74 Å². The van der Waals surface area contributed by atoms with E-state index in [0.29, 0.717) is 6.04 Å². The monoisotopic (exact) mass is 294 g/mol. The van der Waals surface area contributed by atoms with Crippen molar-refractivity contribution in [1.82, 2.24) is 15.5 Å². The Morgan fingerprint density at radius 2 is 2.10 bits per heavy atom. The molecule has 0 amide bonds. The first-order chi connectivity index (χ1) is 10.1. The van der Waals surface area contributed by atoms with Crippen molar-refractivity contribution in [1.29, 1.82) is 0 Å². The van der Waals surface area contributed by atoms with Crippen molar-refractivity contribution >= 4 is 0 Å². The van der Waals surface area contributed by atoms with Crippen molar-refractivity contribution in [2.24, 2.45) is 5.73 Å². The average molecular weight is 294 g/mol. The number of methoxy groups -OCH3 is 1. The number of nitrogens with zero attached hydrogens (tertiary/aromatic N) is 1. The van der Waals surface area contributed by atoms with E-state index in [2.05, 4.69) is 28.5 Å². The molecule has 0 spiro atoms. The minimum Gasteiger partial charge on any atom is -0.499 e. The first-order valence-electron chi connectivity index (χ1n) is 7.94. The van der Waals surface area contributed by atoms with Gasteiger partial charge in [0.1, 0.15) is 5.76 Å². The van der Waals surface area contributed by atoms with Crippen LogP contribution in [0.5, 0.6) is 0 Å². The molecule has 2 aliphatic rings. The molecule has 1 aliphatic heterocycles. The lowest BCUT2D eigenvalue weighted by Gasteiger charge is -2.45. The summed E-state index contributed by atoms with van der Waals surface area (Å²) in [5, 5.41) is 6.80. The van der Waals surface area contributed by atoms with Crippen LogP contribution in [0, 0.1) is 0 Å². The highest BCUT2D eigenvalue weighted by molar-refractivity contribution is 5.30. The minimum atomic E-state index is 0.0319. The molecule has 2 rings (SSSR count). The van der Waals surface area contributed by atoms with Crippen LogP contribution in [-0.2, 0) is 4.74 Å². The summed E-state index contributed by atoms with van der Waals surface area (Å²) >= 11 is 0. The van der Waals surface area contributed by atoms with Crippen LogP contribution < -0.4 is 16.4 Å². The van der Waals surface area contributed by atoms with Gasteiger partial charge in [-0.05, 0) is 32.9 Å². The number of likely N-dealkylation sites (N-methyl/N-ethyl adjacent to an activating group) is 1. The van der Waals surface area contributed by atoms with Gasteiger partial charge in [-0.25, -0.2) is 0 Å². The predicted molar refractivity (Wildman–Crippen MR) is 86.9 cm³/mol. The van der Waals surface area contributed by atoms with Crippen molar-refractivity contribution in [3.63, 3.8) is 0 Å². The molecule has 5 nitrogen and oxygen atoms in total. The van der Waals surface area contributed by atoms with Crippen LogP contribution in [0.25, 0.3) is 0 Å². The molecule has 0 aromatic heterocycles. The number of hydrogen-bond donors (Lipinski definition) is 3. The van der Waals surface area contributed by atoms with E-state index in [-0.39, 0.29) is 5.54 Å². The lowest BCUT2D eigenvalue weighted by Crippen LogP contribution is -2.53. The maximum Gasteiger partial charge on any atom is 0.120 e. The van der Waals surface area contributed by atoms with Gasteiger partial charge in [0.2, 0.25) is 0 Å². The van der Waals surface area contributed by atoms with Gasteiger partial charge in [-0.1, -0.05) is 6.08 Å². The third-order valence-electron chi connectivity index (χ3n) is 4.73. The summed E-state index contributed by atoms with van der Waals surface area (Å²) in [6.45, 7) is 6.60. The molecule has 5 heteroatoms. The fraction of sp³-hybridized carbons (Fsp3) is 0.750. The Balaban J connectivity index is 1.86. The highest BCUT2D eigenvalue weighted by atomic mass is 16.5. The molecule has 120 valence electrons. The molecule has 1 unspecified atom stereocenters. The van der Waals surface area contributed by atoms with Crippen LogP contribution in [0.15, 0.2) is 23.6 Å². The summed E-state index contributed by atoms with van der Waals surface area (Å²) in [6.07, 6.45) is 7.51. The van der Waals surface area contributed by atoms with Gasteiger partial charge in [0.15, 0.2) is 0 Å². The lowest BCUT2D eigenvalue weighted by atomic mass is 9.87. The van der Waals surface area contributed by atoms with Gasteiger partial charge in [-0.2, -0.15) is 0 Å². The van der Waals surface area contributed by atoms with Gasteiger partial charge in [0, 0.05) is 44.2 Å². The van der Waals surface area contributed by atoms with Gasteiger partial charge >= 0.3 is 0 Å². The minimum absolute atomic E-state index is 0.0319. The molecular weight excluding hydrogens is 264 g/mol. The van der Waals surface area contributed by atoms with Crippen LogP contribution in [0.4, 0.5) is 0 Å². The quantitative estimate of drug-likeness (QED) is 0.632. The highest BCUT2D eigenvalue weighted by Crippen LogP contribution is 2.32. The third kappa shape index (κ3) is 3.99. The number of hydrogen-bond acceptors (Lipinski definition) is 5. The molecule has 1 atom stereocenters. The molecule has 0 aromatic rings. The number of nitrogens with two attached hydrogens (primary N) is 1. The van der Waals surface area contributed by atoms with E-state index in [0.717, 1.165) is 44.1 Å². The van der Waals surface area contributed by atoms with Gasteiger partial charge < -0.3 is 21.1 Å². The molecule has 1 aliphatic carbocycles. The first-order valence-corrected chi connectivity index (χ1v) is 7.94. The third-order valence-corrected chi connectivity index (χ3v) is 4.73. The second kappa shape index (κ2) is 7.29. The largest absolute Gasteiger partial charge is 0.499 e. The Kier molecular flexibility index (Phi) is 5.67. The van der Waals surface area contributed by atoms with Gasteiger partial charge in [0.25, 0.3) is 0 Å². The van der Waals surface area contributed by atoms with E-state index in [1.165, 1.54) is 12.8 Å². The number of allylic oxidation sites excluding steroid dienone is 1. The van der Waals surface area contributed by atoms with Crippen molar-refractivity contribution in [3.8, 4) is 0 Å². The van der Waals surface area contributed by atoms with Crippen LogP contribution in [0.3, 0.4) is 0 Å². The molecule has 1 heterocycles. The number of piperidine rings is 1. The zero-order valence-corrected chi connectivity index (χ0v) is 13.6. The van der Waals surface area contributed by atoms with E-state index in [1.807, 2.05) is 13.1 Å². The van der Waals surface area contributed by atoms with Gasteiger partial charge in [-0.15, -0.1) is 0 Å². The Bertz CT molecular complexity index is 399. The fourth-order valence-electron chi connectivity index (χ4n) is 3.25. The maximum absolute atomic E-state index is 5.96. The number of rotatable bonds is 6. The van der Waals surface area contributed by atoms with Crippen LogP contribution >= 0.6 is 0 Å². The normalized spacial score (nSPS) is 28.1. The first kappa shape index (κ1) is 16.3.